The van der Waals surface area contributed by atoms with Gasteiger partial charge in [-0.3, -0.25) is 4.79 Å². The number of fused-ring (bicyclic) bond motifs is 1. The molecule has 0 fully saturated rings. The summed E-state index contributed by atoms with van der Waals surface area (Å²) in [7, 11) is 1.65. The minimum atomic E-state index is -0.853. The maximum atomic E-state index is 13.3. The Bertz CT molecular complexity index is 1080. The number of pyridine rings is 1. The zero-order chi connectivity index (χ0) is 19.6. The van der Waals surface area contributed by atoms with Crippen molar-refractivity contribution in [2.45, 2.75) is 31.3 Å². The lowest BCUT2D eigenvalue weighted by Crippen LogP contribution is -2.32. The quantitative estimate of drug-likeness (QED) is 0.624. The lowest BCUT2D eigenvalue weighted by molar-refractivity contribution is 0.0698. The number of ether oxygens (including phenoxy) is 1. The molecule has 0 radical (unpaired) electrons. The van der Waals surface area contributed by atoms with E-state index in [0.717, 1.165) is 18.4 Å². The van der Waals surface area contributed by atoms with Crippen LogP contribution in [0.4, 0.5) is 0 Å². The first-order valence-corrected chi connectivity index (χ1v) is 9.81. The summed E-state index contributed by atoms with van der Waals surface area (Å²) < 4.78 is 5.86. The fraction of sp³-hybridized carbons (Fsp3) is 0.240. The summed E-state index contributed by atoms with van der Waals surface area (Å²) in [4.78, 5) is 16.7. The first kappa shape index (κ1) is 18.5. The van der Waals surface area contributed by atoms with Crippen molar-refractivity contribution in [1.29, 1.82) is 0 Å². The molecular formula is C25H25NO2. The Morgan fingerprint density at radius 1 is 1.04 bits per heavy atom. The molecule has 1 aromatic heterocycles. The molecule has 4 rings (SSSR count). The van der Waals surface area contributed by atoms with Crippen LogP contribution in [0.5, 0.6) is 0 Å². The van der Waals surface area contributed by atoms with Crippen LogP contribution in [-0.4, -0.2) is 12.1 Å². The average Bonchev–Trinajstić information content (AvgIpc) is 2.75. The molecule has 0 bridgehead atoms. The van der Waals surface area contributed by atoms with Crippen LogP contribution in [-0.2, 0) is 16.8 Å². The number of para-hydroxylation sites is 1. The van der Waals surface area contributed by atoms with Gasteiger partial charge in [-0.1, -0.05) is 68.0 Å². The largest absolute Gasteiger partial charge is 0.365 e. The van der Waals surface area contributed by atoms with E-state index in [1.807, 2.05) is 48.7 Å². The van der Waals surface area contributed by atoms with Crippen LogP contribution >= 0.6 is 0 Å². The number of methoxy groups -OCH3 is 1. The van der Waals surface area contributed by atoms with Crippen LogP contribution in [0.25, 0.3) is 10.9 Å². The summed E-state index contributed by atoms with van der Waals surface area (Å²) in [5, 5.41) is 0.715. The zero-order valence-corrected chi connectivity index (χ0v) is 16.3. The highest BCUT2D eigenvalue weighted by atomic mass is 16.5. The van der Waals surface area contributed by atoms with E-state index in [1.54, 1.807) is 7.11 Å². The summed E-state index contributed by atoms with van der Waals surface area (Å²) in [6.07, 6.45) is 12.0. The van der Waals surface area contributed by atoms with Gasteiger partial charge in [0.25, 0.3) is 0 Å². The van der Waals surface area contributed by atoms with Gasteiger partial charge in [0.2, 0.25) is 0 Å². The number of H-pyrrole nitrogens is 1. The Hall–Kier alpha value is -2.91. The van der Waals surface area contributed by atoms with E-state index in [9.17, 15) is 4.79 Å². The highest BCUT2D eigenvalue weighted by molar-refractivity contribution is 5.82. The molecule has 0 aliphatic heterocycles. The van der Waals surface area contributed by atoms with Crippen LogP contribution < -0.4 is 5.43 Å². The third-order valence-electron chi connectivity index (χ3n) is 5.57. The number of rotatable bonds is 5. The normalized spacial score (nSPS) is 21.3. The molecule has 0 saturated heterocycles. The topological polar surface area (TPSA) is 42.1 Å². The van der Waals surface area contributed by atoms with Gasteiger partial charge in [-0.15, -0.1) is 0 Å². The Kier molecular flexibility index (Phi) is 5.01. The average molecular weight is 371 g/mol. The van der Waals surface area contributed by atoms with E-state index in [-0.39, 0.29) is 11.3 Å². The van der Waals surface area contributed by atoms with E-state index < -0.39 is 5.60 Å². The number of benzene rings is 2. The number of hydrogen-bond acceptors (Lipinski definition) is 2. The highest BCUT2D eigenvalue weighted by Crippen LogP contribution is 2.34. The van der Waals surface area contributed by atoms with E-state index in [2.05, 4.69) is 42.3 Å². The zero-order valence-electron chi connectivity index (χ0n) is 16.3. The molecule has 0 saturated carbocycles. The molecule has 0 amide bonds. The number of aromatic amines is 1. The number of aromatic nitrogens is 1. The molecule has 0 spiro atoms. The van der Waals surface area contributed by atoms with E-state index in [1.165, 1.54) is 11.1 Å². The van der Waals surface area contributed by atoms with E-state index >= 15 is 0 Å². The van der Waals surface area contributed by atoms with Gasteiger partial charge in [0.1, 0.15) is 5.60 Å². The molecule has 28 heavy (non-hydrogen) atoms. The first-order chi connectivity index (χ1) is 13.7. The predicted octanol–water partition coefficient (Wildman–Crippen LogP) is 5.23. The van der Waals surface area contributed by atoms with Crippen LogP contribution in [0, 0.1) is 0 Å². The fourth-order valence-electron chi connectivity index (χ4n) is 4.02. The van der Waals surface area contributed by atoms with Crippen LogP contribution in [0.15, 0.2) is 83.8 Å². The fourth-order valence-corrected chi connectivity index (χ4v) is 4.02. The molecule has 3 aromatic rings. The van der Waals surface area contributed by atoms with Gasteiger partial charge in [0.05, 0.1) is 11.1 Å². The molecule has 142 valence electrons. The van der Waals surface area contributed by atoms with Gasteiger partial charge in [-0.2, -0.15) is 0 Å². The molecule has 0 atom stereocenters. The van der Waals surface area contributed by atoms with Crippen LogP contribution in [0.3, 0.4) is 0 Å². The van der Waals surface area contributed by atoms with Crippen molar-refractivity contribution in [1.82, 2.24) is 4.98 Å². The van der Waals surface area contributed by atoms with Crippen LogP contribution in [0.2, 0.25) is 0 Å². The van der Waals surface area contributed by atoms with Crippen molar-refractivity contribution in [3.8, 4) is 0 Å². The molecule has 3 nitrogen and oxygen atoms in total. The van der Waals surface area contributed by atoms with E-state index in [4.69, 9.17) is 4.74 Å². The van der Waals surface area contributed by atoms with Crippen molar-refractivity contribution in [2.24, 2.45) is 0 Å². The number of nitrogens with one attached hydrogen (secondary N) is 1. The molecule has 0 unspecified atom stereocenters. The molecule has 2 aromatic carbocycles. The molecule has 1 aliphatic carbocycles. The lowest BCUT2D eigenvalue weighted by atomic mass is 9.84. The van der Waals surface area contributed by atoms with E-state index in [0.29, 0.717) is 10.9 Å². The lowest BCUT2D eigenvalue weighted by Gasteiger charge is -2.30. The Balaban J connectivity index is 1.77. The third kappa shape index (κ3) is 3.12. The first-order valence-electron chi connectivity index (χ1n) is 9.81. The molecule has 1 N–H and O–H groups in total. The van der Waals surface area contributed by atoms with Gasteiger partial charge < -0.3 is 9.72 Å². The van der Waals surface area contributed by atoms with Gasteiger partial charge in [0, 0.05) is 24.6 Å². The van der Waals surface area contributed by atoms with Crippen molar-refractivity contribution in [2.75, 3.05) is 7.11 Å². The second-order valence-corrected chi connectivity index (χ2v) is 7.27. The molecule has 3 heteroatoms. The number of aryl methyl sites for hydroxylation is 1. The molecule has 1 aliphatic rings. The maximum Gasteiger partial charge on any atom is 0.196 e. The Labute approximate surface area is 165 Å². The van der Waals surface area contributed by atoms with Gasteiger partial charge in [0.15, 0.2) is 5.43 Å². The van der Waals surface area contributed by atoms with Gasteiger partial charge in [-0.05, 0) is 35.8 Å². The standard InChI is InChI=1S/C25H25NO2/c1-3-8-20-11-7-12-21-23(20)26-17-22(24(21)27)25(28-2)15-13-19(14-16-25)18-9-5-4-6-10-18/h4-7,9-17,19H,3,8H2,1-2H3,(H,26,27). The SMILES string of the molecule is CCCc1cccc2c(=O)c(C3(OC)C=CC(c4ccccc4)C=C3)c[nH]c12. The monoisotopic (exact) mass is 371 g/mol. The van der Waals surface area contributed by atoms with Gasteiger partial charge >= 0.3 is 0 Å². The summed E-state index contributed by atoms with van der Waals surface area (Å²) in [6.45, 7) is 2.14. The highest BCUT2D eigenvalue weighted by Gasteiger charge is 2.32. The van der Waals surface area contributed by atoms with Crippen molar-refractivity contribution in [3.05, 3.63) is 106 Å². The van der Waals surface area contributed by atoms with Crippen LogP contribution in [0.1, 0.15) is 36.0 Å². The number of allylic oxidation sites excluding steroid dienone is 2. The summed E-state index contributed by atoms with van der Waals surface area (Å²) in [5.41, 5.74) is 3.09. The minimum Gasteiger partial charge on any atom is -0.365 e. The minimum absolute atomic E-state index is 0.0148. The smallest absolute Gasteiger partial charge is 0.196 e. The predicted molar refractivity (Wildman–Crippen MR) is 115 cm³/mol. The van der Waals surface area contributed by atoms with Crippen molar-refractivity contribution < 1.29 is 4.74 Å². The van der Waals surface area contributed by atoms with Crippen molar-refractivity contribution in [3.63, 3.8) is 0 Å². The Morgan fingerprint density at radius 3 is 2.46 bits per heavy atom. The Morgan fingerprint density at radius 2 is 1.79 bits per heavy atom. The second-order valence-electron chi connectivity index (χ2n) is 7.27. The second kappa shape index (κ2) is 7.61. The summed E-state index contributed by atoms with van der Waals surface area (Å²) in [6, 6.07) is 16.2. The molecular weight excluding hydrogens is 346 g/mol. The number of hydrogen-bond donors (Lipinski definition) is 1. The summed E-state index contributed by atoms with van der Waals surface area (Å²) >= 11 is 0. The third-order valence-corrected chi connectivity index (χ3v) is 5.57. The molecule has 1 heterocycles. The van der Waals surface area contributed by atoms with Gasteiger partial charge in [-0.25, -0.2) is 0 Å². The maximum absolute atomic E-state index is 13.3. The summed E-state index contributed by atoms with van der Waals surface area (Å²) in [5.74, 6) is 0.181. The van der Waals surface area contributed by atoms with Crippen molar-refractivity contribution >= 4 is 10.9 Å².